The molecule has 1 atom stereocenters. The summed E-state index contributed by atoms with van der Waals surface area (Å²) in [4.78, 5) is 33.3. The van der Waals surface area contributed by atoms with Crippen LogP contribution in [0.2, 0.25) is 10.0 Å². The molecule has 10 heteroatoms. The Bertz CT molecular complexity index is 1570. The fraction of sp³-hybridized carbons (Fsp3) is 0.0800. The SMILES string of the molecule is O=C(NCC(c1ccccc1)c1nc2cccc(Cl)c2c(=O)[nH]1)c1ccc(-n2cnnc2)cc1Cl. The number of rotatable bonds is 6. The Morgan fingerprint density at radius 2 is 1.74 bits per heavy atom. The van der Waals surface area contributed by atoms with E-state index in [-0.39, 0.29) is 23.0 Å². The van der Waals surface area contributed by atoms with Gasteiger partial charge < -0.3 is 10.3 Å². The molecular weight excluding hydrogens is 487 g/mol. The number of amides is 1. The lowest BCUT2D eigenvalue weighted by atomic mass is 9.97. The van der Waals surface area contributed by atoms with Crippen molar-refractivity contribution in [3.05, 3.63) is 117 Å². The molecule has 5 aromatic rings. The second kappa shape index (κ2) is 9.69. The van der Waals surface area contributed by atoms with Gasteiger partial charge in [0.2, 0.25) is 0 Å². The van der Waals surface area contributed by atoms with Crippen molar-refractivity contribution in [2.75, 3.05) is 6.54 Å². The third kappa shape index (κ3) is 4.66. The predicted molar refractivity (Wildman–Crippen MR) is 134 cm³/mol. The van der Waals surface area contributed by atoms with Gasteiger partial charge in [0.05, 0.1) is 32.4 Å². The van der Waals surface area contributed by atoms with Crippen molar-refractivity contribution < 1.29 is 4.79 Å². The zero-order chi connectivity index (χ0) is 24.4. The summed E-state index contributed by atoms with van der Waals surface area (Å²) in [5.41, 5.74) is 2.08. The number of aromatic amines is 1. The van der Waals surface area contributed by atoms with Crippen LogP contribution in [0.25, 0.3) is 16.6 Å². The molecule has 3 aromatic carbocycles. The van der Waals surface area contributed by atoms with E-state index >= 15 is 0 Å². The van der Waals surface area contributed by atoms with E-state index in [1.165, 1.54) is 0 Å². The first kappa shape index (κ1) is 22.8. The van der Waals surface area contributed by atoms with Gasteiger partial charge >= 0.3 is 0 Å². The third-order valence-corrected chi connectivity index (χ3v) is 6.24. The van der Waals surface area contributed by atoms with E-state index in [1.807, 2.05) is 30.3 Å². The lowest BCUT2D eigenvalue weighted by Gasteiger charge is -2.18. The molecule has 0 aliphatic heterocycles. The maximum Gasteiger partial charge on any atom is 0.260 e. The zero-order valence-corrected chi connectivity index (χ0v) is 19.7. The maximum absolute atomic E-state index is 13.0. The van der Waals surface area contributed by atoms with E-state index in [1.54, 1.807) is 53.6 Å². The molecule has 5 rings (SSSR count). The van der Waals surface area contributed by atoms with Gasteiger partial charge in [-0.2, -0.15) is 0 Å². The smallest absolute Gasteiger partial charge is 0.260 e. The Labute approximate surface area is 209 Å². The first-order valence-electron chi connectivity index (χ1n) is 10.7. The minimum atomic E-state index is -0.411. The van der Waals surface area contributed by atoms with Crippen molar-refractivity contribution in [3.63, 3.8) is 0 Å². The number of nitrogens with one attached hydrogen (secondary N) is 2. The van der Waals surface area contributed by atoms with E-state index < -0.39 is 5.92 Å². The minimum absolute atomic E-state index is 0.182. The van der Waals surface area contributed by atoms with Crippen LogP contribution in [0.1, 0.15) is 27.7 Å². The number of H-pyrrole nitrogens is 1. The molecule has 0 bridgehead atoms. The third-order valence-electron chi connectivity index (χ3n) is 5.61. The molecule has 0 aliphatic rings. The number of fused-ring (bicyclic) bond motifs is 1. The zero-order valence-electron chi connectivity index (χ0n) is 18.2. The Balaban J connectivity index is 1.44. The van der Waals surface area contributed by atoms with Crippen molar-refractivity contribution in [2.45, 2.75) is 5.92 Å². The summed E-state index contributed by atoms with van der Waals surface area (Å²) >= 11 is 12.6. The molecule has 2 N–H and O–H groups in total. The average molecular weight is 505 g/mol. The van der Waals surface area contributed by atoms with Gasteiger partial charge in [-0.05, 0) is 35.9 Å². The molecule has 0 spiro atoms. The van der Waals surface area contributed by atoms with Crippen molar-refractivity contribution in [2.24, 2.45) is 0 Å². The van der Waals surface area contributed by atoms with Crippen LogP contribution in [-0.2, 0) is 0 Å². The fourth-order valence-electron chi connectivity index (χ4n) is 3.86. The second-order valence-electron chi connectivity index (χ2n) is 7.79. The summed E-state index contributed by atoms with van der Waals surface area (Å²) in [6, 6.07) is 19.7. The largest absolute Gasteiger partial charge is 0.351 e. The highest BCUT2D eigenvalue weighted by Crippen LogP contribution is 2.25. The highest BCUT2D eigenvalue weighted by atomic mass is 35.5. The van der Waals surface area contributed by atoms with E-state index in [9.17, 15) is 9.59 Å². The molecule has 174 valence electrons. The lowest BCUT2D eigenvalue weighted by molar-refractivity contribution is 0.0952. The highest BCUT2D eigenvalue weighted by molar-refractivity contribution is 6.35. The fourth-order valence-corrected chi connectivity index (χ4v) is 4.38. The van der Waals surface area contributed by atoms with E-state index in [2.05, 4.69) is 25.5 Å². The van der Waals surface area contributed by atoms with Crippen LogP contribution < -0.4 is 10.9 Å². The summed E-state index contributed by atoms with van der Waals surface area (Å²) in [6.07, 6.45) is 3.08. The molecule has 0 saturated carbocycles. The molecule has 2 heterocycles. The number of hydrogen-bond acceptors (Lipinski definition) is 5. The van der Waals surface area contributed by atoms with Crippen LogP contribution in [0.15, 0.2) is 84.2 Å². The van der Waals surface area contributed by atoms with Crippen molar-refractivity contribution >= 4 is 40.0 Å². The number of carbonyl (C=O) groups excluding carboxylic acids is 1. The van der Waals surface area contributed by atoms with Gasteiger partial charge in [0, 0.05) is 12.2 Å². The van der Waals surface area contributed by atoms with Crippen LogP contribution in [0.4, 0.5) is 0 Å². The molecule has 0 saturated heterocycles. The first-order chi connectivity index (χ1) is 17.0. The number of nitrogens with zero attached hydrogens (tertiary/aromatic N) is 4. The quantitative estimate of drug-likeness (QED) is 0.357. The number of benzene rings is 3. The molecule has 1 amide bonds. The standard InChI is InChI=1S/C25H18Cl2N6O2/c26-19-7-4-8-21-22(19)25(35)32-23(31-21)18(15-5-2-1-3-6-15)12-28-24(34)17-10-9-16(11-20(17)27)33-13-29-30-14-33/h1-11,13-14,18H,12H2,(H,28,34)(H,31,32,35). The topological polar surface area (TPSA) is 106 Å². The van der Waals surface area contributed by atoms with Gasteiger partial charge in [-0.3, -0.25) is 14.2 Å². The number of carbonyl (C=O) groups is 1. The summed E-state index contributed by atoms with van der Waals surface area (Å²) < 4.78 is 1.69. The Kier molecular flexibility index (Phi) is 6.31. The molecule has 35 heavy (non-hydrogen) atoms. The normalized spacial score (nSPS) is 11.9. The highest BCUT2D eigenvalue weighted by Gasteiger charge is 2.21. The monoisotopic (exact) mass is 504 g/mol. The van der Waals surface area contributed by atoms with Gasteiger partial charge in [0.15, 0.2) is 0 Å². The van der Waals surface area contributed by atoms with Crippen LogP contribution in [0.3, 0.4) is 0 Å². The molecule has 0 aliphatic carbocycles. The first-order valence-corrected chi connectivity index (χ1v) is 11.4. The van der Waals surface area contributed by atoms with E-state index in [0.717, 1.165) is 11.3 Å². The van der Waals surface area contributed by atoms with Gasteiger partial charge in [-0.1, -0.05) is 59.6 Å². The van der Waals surface area contributed by atoms with Crippen LogP contribution in [0.5, 0.6) is 0 Å². The predicted octanol–water partition coefficient (Wildman–Crippen LogP) is 4.37. The molecule has 2 aromatic heterocycles. The maximum atomic E-state index is 13.0. The minimum Gasteiger partial charge on any atom is -0.351 e. The number of halogens is 2. The van der Waals surface area contributed by atoms with E-state index in [0.29, 0.717) is 27.3 Å². The molecule has 0 radical (unpaired) electrons. The molecular formula is C25H18Cl2N6O2. The summed E-state index contributed by atoms with van der Waals surface area (Å²) in [5.74, 6) is -0.339. The van der Waals surface area contributed by atoms with Crippen molar-refractivity contribution in [1.82, 2.24) is 30.0 Å². The van der Waals surface area contributed by atoms with Gasteiger partial charge in [0.25, 0.3) is 11.5 Å². The van der Waals surface area contributed by atoms with Crippen molar-refractivity contribution in [1.29, 1.82) is 0 Å². The number of aromatic nitrogens is 5. The van der Waals surface area contributed by atoms with Crippen LogP contribution in [-0.4, -0.2) is 37.2 Å². The van der Waals surface area contributed by atoms with E-state index in [4.69, 9.17) is 23.2 Å². The average Bonchev–Trinajstić information content (AvgIpc) is 3.40. The Morgan fingerprint density at radius 1 is 0.971 bits per heavy atom. The van der Waals surface area contributed by atoms with Gasteiger partial charge in [0.1, 0.15) is 18.5 Å². The lowest BCUT2D eigenvalue weighted by Crippen LogP contribution is -2.30. The Hall–Kier alpha value is -4.01. The van der Waals surface area contributed by atoms with Gasteiger partial charge in [-0.15, -0.1) is 10.2 Å². The molecule has 8 nitrogen and oxygen atoms in total. The Morgan fingerprint density at radius 3 is 2.49 bits per heavy atom. The molecule has 0 fully saturated rings. The molecule has 1 unspecified atom stereocenters. The summed E-state index contributed by atoms with van der Waals surface area (Å²) in [5, 5.41) is 11.4. The summed E-state index contributed by atoms with van der Waals surface area (Å²) in [6.45, 7) is 0.182. The summed E-state index contributed by atoms with van der Waals surface area (Å²) in [7, 11) is 0. The van der Waals surface area contributed by atoms with Crippen LogP contribution >= 0.6 is 23.2 Å². The second-order valence-corrected chi connectivity index (χ2v) is 8.61. The van der Waals surface area contributed by atoms with Crippen molar-refractivity contribution in [3.8, 4) is 5.69 Å². The van der Waals surface area contributed by atoms with Gasteiger partial charge in [-0.25, -0.2) is 4.98 Å². The number of hydrogen-bond donors (Lipinski definition) is 2. The van der Waals surface area contributed by atoms with Crippen LogP contribution in [0, 0.1) is 0 Å².